The summed E-state index contributed by atoms with van der Waals surface area (Å²) in [5.74, 6) is 0. The predicted molar refractivity (Wildman–Crippen MR) is 121 cm³/mol. The van der Waals surface area contributed by atoms with Crippen molar-refractivity contribution in [2.75, 3.05) is 14.2 Å². The first-order chi connectivity index (χ1) is 14.8. The van der Waals surface area contributed by atoms with E-state index in [1.165, 1.54) is 16.7 Å². The van der Waals surface area contributed by atoms with Crippen LogP contribution in [0.5, 0.6) is 0 Å². The maximum absolute atomic E-state index is 8.25. The van der Waals surface area contributed by atoms with E-state index in [9.17, 15) is 0 Å². The first-order valence-corrected chi connectivity index (χ1v) is 16.8. The monoisotopic (exact) mass is 448 g/mol. The normalized spacial score (nSPS) is 14.8. The predicted octanol–water partition coefficient (Wildman–Crippen LogP) is 4.35. The Balaban J connectivity index is 0.000000606. The number of fused-ring (bicyclic) bond motifs is 4. The fraction of sp³-hybridized carbons (Fsp3) is 0.231. The zero-order chi connectivity index (χ0) is 21.7. The number of benzene rings is 3. The van der Waals surface area contributed by atoms with Crippen molar-refractivity contribution in [1.29, 1.82) is 0 Å². The van der Waals surface area contributed by atoms with Crippen LogP contribution in [0.25, 0.3) is 17.2 Å². The van der Waals surface area contributed by atoms with Crippen LogP contribution in [-0.4, -0.2) is 20.4 Å². The minimum absolute atomic E-state index is 0.348. The van der Waals surface area contributed by atoms with Crippen LogP contribution in [0, 0.1) is 0 Å². The van der Waals surface area contributed by atoms with Crippen LogP contribution in [0.2, 0.25) is 13.1 Å². The van der Waals surface area contributed by atoms with E-state index in [0.29, 0.717) is 8.45 Å². The molecule has 0 fully saturated rings. The van der Waals surface area contributed by atoms with E-state index in [0.717, 1.165) is 14.2 Å². The molecule has 2 aliphatic rings. The topological polar surface area (TPSA) is 46.1 Å². The van der Waals surface area contributed by atoms with Crippen molar-refractivity contribution in [3.8, 4) is 11.1 Å². The van der Waals surface area contributed by atoms with E-state index in [2.05, 4.69) is 98.0 Å². The summed E-state index contributed by atoms with van der Waals surface area (Å²) in [7, 11) is 1.50. The summed E-state index contributed by atoms with van der Waals surface area (Å²) in [6.45, 7) is 5.14. The van der Waals surface area contributed by atoms with Crippen molar-refractivity contribution in [3.05, 3.63) is 101 Å². The molecular weight excluding hydrogens is 420 g/mol. The van der Waals surface area contributed by atoms with Gasteiger partial charge in [-0.25, -0.2) is 0 Å². The average Bonchev–Trinajstić information content (AvgIpc) is 3.37. The molecule has 2 nitrogen and oxygen atoms in total. The van der Waals surface area contributed by atoms with Crippen LogP contribution in [0.4, 0.5) is 0 Å². The van der Waals surface area contributed by atoms with E-state index in [1.54, 1.807) is 16.7 Å². The van der Waals surface area contributed by atoms with Crippen molar-refractivity contribution in [1.82, 2.24) is 0 Å². The van der Waals surface area contributed by atoms with Gasteiger partial charge in [-0.1, -0.05) is 0 Å². The molecule has 0 N–H and O–H groups in total. The third-order valence-electron chi connectivity index (χ3n) is 5.86. The quantitative estimate of drug-likeness (QED) is 0.548. The number of rotatable bonds is 2. The van der Waals surface area contributed by atoms with Gasteiger partial charge in [-0.15, -0.1) is 0 Å². The zero-order valence-electron chi connectivity index (χ0n) is 18.1. The molecule has 0 saturated carbocycles. The Morgan fingerprint density at radius 2 is 1.13 bits per heavy atom. The molecule has 4 heteroatoms. The molecule has 30 heavy (non-hydrogen) atoms. The van der Waals surface area contributed by atoms with Gasteiger partial charge in [-0.05, 0) is 0 Å². The Morgan fingerprint density at radius 1 is 0.667 bits per heavy atom. The maximum atomic E-state index is 8.25. The summed E-state index contributed by atoms with van der Waals surface area (Å²) in [6, 6.07) is 27.4. The van der Waals surface area contributed by atoms with Crippen LogP contribution in [0.3, 0.4) is 0 Å². The molecule has 0 spiro atoms. The first kappa shape index (κ1) is 22.9. The molecule has 152 valence electrons. The van der Waals surface area contributed by atoms with Crippen LogP contribution >= 0.6 is 0 Å². The summed E-state index contributed by atoms with van der Waals surface area (Å²) < 4.78 is 1.37. The standard InChI is InChI=1S/C13H9.C9H7.C2H6Si.2CH3O.Ti/c1-3-7-12-10(5-1)9-11-6-2-4-8-13(11)12;1-2-5-9-7-3-6-8(9)4-1;1-3-2;2*1-2;/h1-9H;1-7H;1-2H3;2*1H3;/q;;;2*-1;+2. The number of hydrogen-bond donors (Lipinski definition) is 0. The van der Waals surface area contributed by atoms with Gasteiger partial charge in [0.05, 0.1) is 0 Å². The van der Waals surface area contributed by atoms with Gasteiger partial charge in [0.25, 0.3) is 0 Å². The van der Waals surface area contributed by atoms with Gasteiger partial charge >= 0.3 is 163 Å². The molecule has 0 aromatic heterocycles. The molecule has 0 saturated heterocycles. The molecule has 3 aromatic carbocycles. The Bertz CT molecular complexity index is 1040. The van der Waals surface area contributed by atoms with Gasteiger partial charge in [0.2, 0.25) is 0 Å². The summed E-state index contributed by atoms with van der Waals surface area (Å²) in [4.78, 5) is 0. The van der Waals surface area contributed by atoms with Gasteiger partial charge < -0.3 is 10.2 Å². The molecule has 0 heterocycles. The fourth-order valence-electron chi connectivity index (χ4n) is 4.79. The van der Waals surface area contributed by atoms with Crippen LogP contribution < -0.4 is 10.2 Å². The molecule has 0 amide bonds. The molecule has 1 atom stereocenters. The summed E-state index contributed by atoms with van der Waals surface area (Å²) >= 11 is -1.46. The summed E-state index contributed by atoms with van der Waals surface area (Å²) in [5, 5.41) is 16.5. The molecule has 5 rings (SSSR count). The molecule has 2 aliphatic carbocycles. The fourth-order valence-corrected chi connectivity index (χ4v) is 17.7. The van der Waals surface area contributed by atoms with Gasteiger partial charge in [0.1, 0.15) is 0 Å². The third-order valence-corrected chi connectivity index (χ3v) is 18.7. The van der Waals surface area contributed by atoms with Gasteiger partial charge in [0, 0.05) is 0 Å². The van der Waals surface area contributed by atoms with Crippen molar-refractivity contribution in [2.24, 2.45) is 0 Å². The first-order valence-electron chi connectivity index (χ1n) is 10.2. The number of hydrogen-bond acceptors (Lipinski definition) is 2. The summed E-state index contributed by atoms with van der Waals surface area (Å²) in [5.41, 5.74) is 9.22. The molecule has 0 bridgehead atoms. The van der Waals surface area contributed by atoms with Crippen molar-refractivity contribution in [3.63, 3.8) is 0 Å². The van der Waals surface area contributed by atoms with Crippen LogP contribution in [-0.2, 0) is 16.6 Å². The van der Waals surface area contributed by atoms with Gasteiger partial charge in [-0.2, -0.15) is 14.2 Å². The second-order valence-corrected chi connectivity index (χ2v) is 19.9. The van der Waals surface area contributed by atoms with Crippen molar-refractivity contribution >= 4 is 12.3 Å². The Morgan fingerprint density at radius 3 is 1.67 bits per heavy atom. The van der Waals surface area contributed by atoms with Gasteiger partial charge in [-0.3, -0.25) is 0 Å². The second-order valence-electron chi connectivity index (χ2n) is 7.53. The Kier molecular flexibility index (Phi) is 8.04. The van der Waals surface area contributed by atoms with E-state index < -0.39 is 16.6 Å². The average molecular weight is 448 g/mol. The molecule has 0 radical (unpaired) electrons. The SMILES string of the molecule is C[O-].C[O-].C[Si](C)=[Ti+2]([CH]1C=Cc2ccccc21)[CH]1c2ccccc2-c2ccccc21. The number of allylic oxidation sites excluding steroid dienone is 1. The third kappa shape index (κ3) is 4.05. The van der Waals surface area contributed by atoms with Crippen molar-refractivity contribution in [2.45, 2.75) is 21.5 Å². The van der Waals surface area contributed by atoms with Crippen molar-refractivity contribution < 1.29 is 26.8 Å². The van der Waals surface area contributed by atoms with E-state index in [1.807, 2.05) is 0 Å². The molecular formula is C26H28O2SiTi. The summed E-state index contributed by atoms with van der Waals surface area (Å²) in [6.07, 6.45) is 4.57. The van der Waals surface area contributed by atoms with Crippen LogP contribution in [0.15, 0.2) is 78.9 Å². The van der Waals surface area contributed by atoms with Gasteiger partial charge in [0.15, 0.2) is 0 Å². The van der Waals surface area contributed by atoms with Crippen LogP contribution in [0.1, 0.15) is 30.7 Å². The second kappa shape index (κ2) is 10.5. The molecule has 3 aromatic rings. The molecule has 1 unspecified atom stereocenters. The Hall–Kier alpha value is -1.75. The minimum atomic E-state index is -1.46. The van der Waals surface area contributed by atoms with E-state index in [-0.39, 0.29) is 6.19 Å². The zero-order valence-corrected chi connectivity index (χ0v) is 20.6. The Labute approximate surface area is 186 Å². The van der Waals surface area contributed by atoms with E-state index >= 15 is 0 Å². The van der Waals surface area contributed by atoms with E-state index in [4.69, 9.17) is 10.2 Å². The molecule has 0 aliphatic heterocycles.